The van der Waals surface area contributed by atoms with E-state index in [0.717, 1.165) is 16.9 Å². The van der Waals surface area contributed by atoms with Crippen LogP contribution in [-0.2, 0) is 0 Å². The van der Waals surface area contributed by atoms with E-state index in [-0.39, 0.29) is 16.7 Å². The average molecular weight is 402 g/mol. The Morgan fingerprint density at radius 3 is 2.70 bits per heavy atom. The van der Waals surface area contributed by atoms with Gasteiger partial charge in [0.05, 0.1) is 11.6 Å². The molecule has 1 amide bonds. The first-order chi connectivity index (χ1) is 13.1. The number of benzene rings is 2. The number of phenols is 1. The zero-order valence-corrected chi connectivity index (χ0v) is 15.9. The Morgan fingerprint density at radius 1 is 1.22 bits per heavy atom. The summed E-state index contributed by atoms with van der Waals surface area (Å²) in [6, 6.07) is 14.0. The number of carbonyl (C=O) groups excluding carboxylic acids is 1. The summed E-state index contributed by atoms with van der Waals surface area (Å²) >= 11 is 7.41. The molecule has 2 aromatic carbocycles. The van der Waals surface area contributed by atoms with Crippen LogP contribution in [0.5, 0.6) is 11.5 Å². The molecule has 0 aliphatic heterocycles. The van der Waals surface area contributed by atoms with Gasteiger partial charge in [0.15, 0.2) is 16.5 Å². The number of aromatic nitrogens is 2. The van der Waals surface area contributed by atoms with Crippen molar-refractivity contribution in [3.8, 4) is 11.5 Å². The molecule has 6 nitrogen and oxygen atoms in total. The molecule has 8 heteroatoms. The van der Waals surface area contributed by atoms with Crippen LogP contribution in [0.25, 0.3) is 11.1 Å². The van der Waals surface area contributed by atoms with E-state index >= 15 is 0 Å². The number of hydrogen-bond donors (Lipinski definition) is 2. The summed E-state index contributed by atoms with van der Waals surface area (Å²) in [4.78, 5) is 12.3. The minimum Gasteiger partial charge on any atom is -0.504 e. The van der Waals surface area contributed by atoms with Crippen molar-refractivity contribution < 1.29 is 14.6 Å². The molecule has 0 saturated heterocycles. The second kappa shape index (κ2) is 8.66. The fourth-order valence-corrected chi connectivity index (χ4v) is 3.14. The number of aromatic hydroxyl groups is 1. The van der Waals surface area contributed by atoms with Gasteiger partial charge in [0, 0.05) is 5.69 Å². The van der Waals surface area contributed by atoms with Crippen LogP contribution in [0.15, 0.2) is 48.5 Å². The molecule has 138 valence electrons. The first kappa shape index (κ1) is 18.9. The molecule has 0 aliphatic carbocycles. The Hall–Kier alpha value is -2.90. The van der Waals surface area contributed by atoms with E-state index < -0.39 is 0 Å². The van der Waals surface area contributed by atoms with Crippen LogP contribution in [0.2, 0.25) is 0 Å². The van der Waals surface area contributed by atoms with Crippen LogP contribution in [0.4, 0.5) is 5.69 Å². The molecule has 0 saturated carbocycles. The van der Waals surface area contributed by atoms with E-state index in [9.17, 15) is 9.90 Å². The number of para-hydroxylation sites is 1. The number of phenolic OH excluding ortho intramolecular Hbond substituents is 1. The van der Waals surface area contributed by atoms with E-state index in [2.05, 4.69) is 15.5 Å². The zero-order chi connectivity index (χ0) is 19.2. The summed E-state index contributed by atoms with van der Waals surface area (Å²) in [6.45, 7) is 2.27. The van der Waals surface area contributed by atoms with E-state index in [4.69, 9.17) is 16.3 Å². The highest BCUT2D eigenvalue weighted by molar-refractivity contribution is 7.15. The second-order valence-electron chi connectivity index (χ2n) is 5.38. The molecule has 0 fully saturated rings. The number of rotatable bonds is 6. The van der Waals surface area contributed by atoms with Gasteiger partial charge in [-0.05, 0) is 42.8 Å². The Labute approximate surface area is 165 Å². The maximum atomic E-state index is 12.3. The number of amides is 1. The number of hydrogen-bond acceptors (Lipinski definition) is 6. The summed E-state index contributed by atoms with van der Waals surface area (Å²) < 4.78 is 5.36. The van der Waals surface area contributed by atoms with Gasteiger partial charge in [0.1, 0.15) is 0 Å². The number of nitrogens with zero attached hydrogens (tertiary/aromatic N) is 2. The first-order valence-corrected chi connectivity index (χ1v) is 9.29. The van der Waals surface area contributed by atoms with Crippen LogP contribution < -0.4 is 10.1 Å². The number of carbonyl (C=O) groups is 1. The molecule has 1 heterocycles. The van der Waals surface area contributed by atoms with Gasteiger partial charge in [0.2, 0.25) is 5.01 Å². The van der Waals surface area contributed by atoms with Crippen molar-refractivity contribution in [2.24, 2.45) is 0 Å². The van der Waals surface area contributed by atoms with Crippen LogP contribution in [0.1, 0.15) is 27.3 Å². The van der Waals surface area contributed by atoms with Crippen molar-refractivity contribution >= 4 is 45.6 Å². The van der Waals surface area contributed by atoms with Gasteiger partial charge in [-0.1, -0.05) is 47.2 Å². The van der Waals surface area contributed by atoms with Gasteiger partial charge in [0.25, 0.3) is 5.91 Å². The van der Waals surface area contributed by atoms with Crippen LogP contribution in [-0.4, -0.2) is 27.8 Å². The van der Waals surface area contributed by atoms with Crippen LogP contribution in [0.3, 0.4) is 0 Å². The Bertz CT molecular complexity index is 973. The minimum atomic E-state index is -0.349. The summed E-state index contributed by atoms with van der Waals surface area (Å²) in [6.07, 6.45) is 1.67. The number of nitrogens with one attached hydrogen (secondary N) is 1. The van der Waals surface area contributed by atoms with Gasteiger partial charge >= 0.3 is 0 Å². The molecule has 27 heavy (non-hydrogen) atoms. The molecular weight excluding hydrogens is 386 g/mol. The molecular formula is C19H16ClN3O3S. The highest BCUT2D eigenvalue weighted by Crippen LogP contribution is 2.30. The maximum Gasteiger partial charge on any atom is 0.286 e. The smallest absolute Gasteiger partial charge is 0.286 e. The average Bonchev–Trinajstić information content (AvgIpc) is 3.16. The molecule has 3 aromatic rings. The molecule has 0 spiro atoms. The van der Waals surface area contributed by atoms with Crippen molar-refractivity contribution in [3.05, 3.63) is 64.1 Å². The van der Waals surface area contributed by atoms with Crippen molar-refractivity contribution in [2.75, 3.05) is 11.9 Å². The second-order valence-corrected chi connectivity index (χ2v) is 6.77. The number of halogens is 1. The highest BCUT2D eigenvalue weighted by atomic mass is 35.5. The molecule has 0 bridgehead atoms. The summed E-state index contributed by atoms with van der Waals surface area (Å²) in [5.41, 5.74) is 1.40. The van der Waals surface area contributed by atoms with Crippen molar-refractivity contribution in [2.45, 2.75) is 6.92 Å². The van der Waals surface area contributed by atoms with Gasteiger partial charge in [-0.3, -0.25) is 4.79 Å². The third-order valence-electron chi connectivity index (χ3n) is 3.43. The maximum absolute atomic E-state index is 12.3. The van der Waals surface area contributed by atoms with E-state index in [1.165, 1.54) is 6.07 Å². The van der Waals surface area contributed by atoms with Crippen molar-refractivity contribution in [1.82, 2.24) is 10.2 Å². The molecule has 2 N–H and O–H groups in total. The normalized spacial score (nSPS) is 11.3. The first-order valence-electron chi connectivity index (χ1n) is 8.10. The lowest BCUT2D eigenvalue weighted by Gasteiger charge is -2.06. The third-order valence-corrected chi connectivity index (χ3v) is 4.79. The standard InChI is InChI=1S/C19H16ClN3O3S/c1-2-26-16-11-12(8-9-15(16)24)10-14(20)18-22-23-19(27-18)17(25)21-13-6-4-3-5-7-13/h3-11,24H,2H2,1H3,(H,21,25)/b14-10-. The molecule has 3 rings (SSSR count). The SMILES string of the molecule is CCOc1cc(/C=C(\Cl)c2nnc(C(=O)Nc3ccccc3)s2)ccc1O. The van der Waals surface area contributed by atoms with Crippen LogP contribution in [0, 0.1) is 0 Å². The fraction of sp³-hybridized carbons (Fsp3) is 0.105. The van der Waals surface area contributed by atoms with E-state index in [1.807, 2.05) is 25.1 Å². The van der Waals surface area contributed by atoms with Crippen LogP contribution >= 0.6 is 22.9 Å². The Morgan fingerprint density at radius 2 is 1.96 bits per heavy atom. The topological polar surface area (TPSA) is 84.3 Å². The molecule has 0 atom stereocenters. The predicted molar refractivity (Wildman–Crippen MR) is 107 cm³/mol. The van der Waals surface area contributed by atoms with Gasteiger partial charge < -0.3 is 15.2 Å². The summed E-state index contributed by atoms with van der Waals surface area (Å²) in [7, 11) is 0. The Balaban J connectivity index is 1.76. The lowest BCUT2D eigenvalue weighted by atomic mass is 10.2. The lowest BCUT2D eigenvalue weighted by molar-refractivity contribution is 0.102. The monoisotopic (exact) mass is 401 g/mol. The molecule has 0 unspecified atom stereocenters. The lowest BCUT2D eigenvalue weighted by Crippen LogP contribution is -2.11. The Kier molecular flexibility index (Phi) is 6.05. The minimum absolute atomic E-state index is 0.0564. The predicted octanol–water partition coefficient (Wildman–Crippen LogP) is 4.63. The quantitative estimate of drug-likeness (QED) is 0.629. The number of anilines is 1. The molecule has 1 aromatic heterocycles. The third kappa shape index (κ3) is 4.84. The summed E-state index contributed by atoms with van der Waals surface area (Å²) in [5.74, 6) is 0.0782. The molecule has 0 aliphatic rings. The fourth-order valence-electron chi connectivity index (χ4n) is 2.22. The number of ether oxygens (including phenoxy) is 1. The van der Waals surface area contributed by atoms with E-state index in [0.29, 0.717) is 28.1 Å². The summed E-state index contributed by atoms with van der Waals surface area (Å²) in [5, 5.41) is 21.3. The molecule has 0 radical (unpaired) electrons. The van der Waals surface area contributed by atoms with Crippen molar-refractivity contribution in [3.63, 3.8) is 0 Å². The van der Waals surface area contributed by atoms with E-state index in [1.54, 1.807) is 30.3 Å². The largest absolute Gasteiger partial charge is 0.504 e. The highest BCUT2D eigenvalue weighted by Gasteiger charge is 2.15. The van der Waals surface area contributed by atoms with Gasteiger partial charge in [-0.15, -0.1) is 10.2 Å². The van der Waals surface area contributed by atoms with Crippen molar-refractivity contribution in [1.29, 1.82) is 0 Å². The van der Waals surface area contributed by atoms with Gasteiger partial charge in [-0.25, -0.2) is 0 Å². The zero-order valence-electron chi connectivity index (χ0n) is 14.3. The van der Waals surface area contributed by atoms with Gasteiger partial charge in [-0.2, -0.15) is 0 Å².